The summed E-state index contributed by atoms with van der Waals surface area (Å²) in [5, 5.41) is 0. The van der Waals surface area contributed by atoms with E-state index in [2.05, 4.69) is 30.2 Å². The van der Waals surface area contributed by atoms with Crippen molar-refractivity contribution in [2.75, 3.05) is 6.61 Å². The van der Waals surface area contributed by atoms with Gasteiger partial charge >= 0.3 is 29.6 Å². The Morgan fingerprint density at radius 1 is 0.710 bits per heavy atom. The summed E-state index contributed by atoms with van der Waals surface area (Å²) in [5.41, 5.74) is 0. The van der Waals surface area contributed by atoms with Crippen molar-refractivity contribution >= 4 is 10.4 Å². The third kappa shape index (κ3) is 28.6. The van der Waals surface area contributed by atoms with Crippen LogP contribution >= 0.6 is 0 Å². The van der Waals surface area contributed by atoms with Crippen molar-refractivity contribution in [1.82, 2.24) is 0 Å². The molecule has 0 radical (unpaired) electrons. The van der Waals surface area contributed by atoms with Gasteiger partial charge in [-0.1, -0.05) is 129 Å². The van der Waals surface area contributed by atoms with Gasteiger partial charge in [-0.05, 0) is 19.3 Å². The van der Waals surface area contributed by atoms with Crippen molar-refractivity contribution in [3.8, 4) is 0 Å². The van der Waals surface area contributed by atoms with E-state index in [1.165, 1.54) is 103 Å². The zero-order chi connectivity index (χ0) is 22.3. The summed E-state index contributed by atoms with van der Waals surface area (Å²) in [6.07, 6.45) is 27.9. The van der Waals surface area contributed by atoms with Crippen LogP contribution in [0.4, 0.5) is 0 Å². The van der Waals surface area contributed by atoms with E-state index in [1.807, 2.05) is 0 Å². The molecular formula is C25H49NaO4S. The topological polar surface area (TPSA) is 66.4 Å². The van der Waals surface area contributed by atoms with Crippen LogP contribution < -0.4 is 29.6 Å². The Morgan fingerprint density at radius 3 is 1.58 bits per heavy atom. The van der Waals surface area contributed by atoms with Crippen molar-refractivity contribution in [2.45, 2.75) is 136 Å². The standard InChI is InChI=1S/C25H50O4S.Na/c1-3-5-7-9-11-13-15-17-19-21-23-25(24-29-30(26,27)28)22-20-18-16-14-12-10-8-6-4-2;/h21,23,25H,3-20,22,24H2,1-2H3,(H,26,27,28);/q;+1/p-1/b23-21+;. The normalized spacial score (nSPS) is 12.9. The van der Waals surface area contributed by atoms with Crippen LogP contribution in [0.5, 0.6) is 0 Å². The molecule has 31 heavy (non-hydrogen) atoms. The Morgan fingerprint density at radius 2 is 1.13 bits per heavy atom. The van der Waals surface area contributed by atoms with Crippen molar-refractivity contribution in [1.29, 1.82) is 0 Å². The zero-order valence-corrected chi connectivity index (χ0v) is 23.7. The van der Waals surface area contributed by atoms with Gasteiger partial charge in [0, 0.05) is 5.92 Å². The van der Waals surface area contributed by atoms with Crippen molar-refractivity contribution in [2.24, 2.45) is 5.92 Å². The number of allylic oxidation sites excluding steroid dienone is 1. The fourth-order valence-corrected chi connectivity index (χ4v) is 4.15. The summed E-state index contributed by atoms with van der Waals surface area (Å²) in [4.78, 5) is 0. The monoisotopic (exact) mass is 468 g/mol. The third-order valence-electron chi connectivity index (χ3n) is 5.74. The first-order valence-electron chi connectivity index (χ1n) is 12.8. The van der Waals surface area contributed by atoms with Crippen LogP contribution in [0.15, 0.2) is 12.2 Å². The summed E-state index contributed by atoms with van der Waals surface area (Å²) in [6.45, 7) is 4.46. The molecule has 0 aliphatic carbocycles. The van der Waals surface area contributed by atoms with Crippen LogP contribution in [-0.4, -0.2) is 19.6 Å². The molecule has 0 heterocycles. The van der Waals surface area contributed by atoms with Gasteiger partial charge in [0.15, 0.2) is 0 Å². The van der Waals surface area contributed by atoms with Crippen molar-refractivity contribution in [3.63, 3.8) is 0 Å². The maximum atomic E-state index is 10.8. The van der Waals surface area contributed by atoms with Crippen LogP contribution in [0.3, 0.4) is 0 Å². The van der Waals surface area contributed by atoms with E-state index in [1.54, 1.807) is 0 Å². The second kappa shape index (κ2) is 25.2. The molecule has 0 N–H and O–H groups in total. The van der Waals surface area contributed by atoms with E-state index in [9.17, 15) is 13.0 Å². The molecule has 0 aromatic carbocycles. The fraction of sp³-hybridized carbons (Fsp3) is 0.920. The summed E-state index contributed by atoms with van der Waals surface area (Å²) in [7, 11) is -4.61. The number of rotatable bonds is 23. The molecule has 4 nitrogen and oxygen atoms in total. The molecule has 6 heteroatoms. The molecule has 0 aliphatic heterocycles. The second-order valence-electron chi connectivity index (χ2n) is 8.76. The molecular weight excluding hydrogens is 419 g/mol. The molecule has 0 saturated carbocycles. The Hall–Kier alpha value is 0.610. The second-order valence-corrected chi connectivity index (χ2v) is 9.81. The Bertz CT molecular complexity index is 480. The Balaban J connectivity index is 0. The summed E-state index contributed by atoms with van der Waals surface area (Å²) >= 11 is 0. The fourth-order valence-electron chi connectivity index (χ4n) is 3.81. The van der Waals surface area contributed by atoms with Gasteiger partial charge in [-0.3, -0.25) is 4.18 Å². The molecule has 0 fully saturated rings. The van der Waals surface area contributed by atoms with Gasteiger partial charge in [-0.2, -0.15) is 0 Å². The summed E-state index contributed by atoms with van der Waals surface area (Å²) in [6, 6.07) is 0. The van der Waals surface area contributed by atoms with Crippen molar-refractivity contribution in [3.05, 3.63) is 12.2 Å². The average Bonchev–Trinajstić information content (AvgIpc) is 2.70. The van der Waals surface area contributed by atoms with Crippen LogP contribution in [0.25, 0.3) is 0 Å². The Labute approximate surface area is 216 Å². The van der Waals surface area contributed by atoms with Crippen LogP contribution in [0.2, 0.25) is 0 Å². The van der Waals surface area contributed by atoms with E-state index < -0.39 is 10.4 Å². The third-order valence-corrected chi connectivity index (χ3v) is 6.16. The maximum Gasteiger partial charge on any atom is 1.00 e. The molecule has 0 rings (SSSR count). The predicted molar refractivity (Wildman–Crippen MR) is 127 cm³/mol. The maximum absolute atomic E-state index is 10.8. The number of hydrogen-bond acceptors (Lipinski definition) is 4. The quantitative estimate of drug-likeness (QED) is 0.0689. The molecule has 0 aromatic heterocycles. The van der Waals surface area contributed by atoms with Gasteiger partial charge in [0.25, 0.3) is 0 Å². The van der Waals surface area contributed by atoms with Gasteiger partial charge < -0.3 is 4.55 Å². The van der Waals surface area contributed by atoms with Gasteiger partial charge in [0.1, 0.15) is 0 Å². The van der Waals surface area contributed by atoms with Crippen LogP contribution in [0.1, 0.15) is 136 Å². The molecule has 0 bridgehead atoms. The Kier molecular flexibility index (Phi) is 27.5. The van der Waals surface area contributed by atoms with Crippen LogP contribution in [0, 0.1) is 5.92 Å². The smallest absolute Gasteiger partial charge is 0.726 e. The minimum absolute atomic E-state index is 0. The SMILES string of the molecule is CCCCCCCCCC/C=C/C(CCCCCCCCCCC)COS(=O)(=O)[O-].[Na+]. The number of hydrogen-bond donors (Lipinski definition) is 0. The molecule has 1 atom stereocenters. The summed E-state index contributed by atoms with van der Waals surface area (Å²) < 4.78 is 36.9. The molecule has 180 valence electrons. The molecule has 0 aromatic rings. The molecule has 1 unspecified atom stereocenters. The van der Waals surface area contributed by atoms with Gasteiger partial charge in [-0.15, -0.1) is 0 Å². The number of unbranched alkanes of at least 4 members (excludes halogenated alkanes) is 16. The first-order valence-corrected chi connectivity index (χ1v) is 14.1. The van der Waals surface area contributed by atoms with Crippen LogP contribution in [-0.2, 0) is 14.6 Å². The van der Waals surface area contributed by atoms with E-state index in [-0.39, 0.29) is 42.1 Å². The zero-order valence-electron chi connectivity index (χ0n) is 20.9. The first kappa shape index (κ1) is 33.8. The van der Waals surface area contributed by atoms with E-state index >= 15 is 0 Å². The van der Waals surface area contributed by atoms with Gasteiger partial charge in [0.05, 0.1) is 6.61 Å². The largest absolute Gasteiger partial charge is 1.00 e. The predicted octanol–water partition coefficient (Wildman–Crippen LogP) is 5.09. The van der Waals surface area contributed by atoms with E-state index in [4.69, 9.17) is 0 Å². The van der Waals surface area contributed by atoms with Gasteiger partial charge in [-0.25, -0.2) is 8.42 Å². The molecule has 0 amide bonds. The molecule has 0 aliphatic rings. The van der Waals surface area contributed by atoms with Gasteiger partial charge in [0.2, 0.25) is 10.4 Å². The van der Waals surface area contributed by atoms with Crippen molar-refractivity contribution < 1.29 is 46.7 Å². The van der Waals surface area contributed by atoms with E-state index in [0.29, 0.717) is 0 Å². The minimum Gasteiger partial charge on any atom is -0.726 e. The molecule has 0 saturated heterocycles. The molecule has 0 spiro atoms. The average molecular weight is 469 g/mol. The summed E-state index contributed by atoms with van der Waals surface area (Å²) in [5.74, 6) is 0.0207. The minimum atomic E-state index is -4.61. The first-order chi connectivity index (χ1) is 14.5. The van der Waals surface area contributed by atoms with E-state index in [0.717, 1.165) is 19.3 Å².